The van der Waals surface area contributed by atoms with Crippen molar-refractivity contribution in [2.24, 2.45) is 0 Å². The minimum absolute atomic E-state index is 0.0303. The number of amides is 2. The second kappa shape index (κ2) is 10.1. The van der Waals surface area contributed by atoms with Crippen molar-refractivity contribution >= 4 is 45.3 Å². The first kappa shape index (κ1) is 21.0. The molecule has 2 aromatic carbocycles. The van der Waals surface area contributed by atoms with Gasteiger partial charge in [0.2, 0.25) is 5.91 Å². The van der Waals surface area contributed by atoms with Gasteiger partial charge in [-0.05, 0) is 49.4 Å². The molecule has 0 unspecified atom stereocenters. The lowest BCUT2D eigenvalue weighted by atomic mass is 10.1. The van der Waals surface area contributed by atoms with E-state index in [-0.39, 0.29) is 17.4 Å². The fraction of sp³-hybridized carbons (Fsp3) is 0.211. The minimum atomic E-state index is -0.392. The number of hydrogen-bond donors (Lipinski definition) is 2. The van der Waals surface area contributed by atoms with Crippen molar-refractivity contribution in [2.45, 2.75) is 12.7 Å². The Labute approximate surface area is 170 Å². The number of Topliss-reactive ketones (excluding diaryl/α,β-unsaturated/α-hetero) is 1. The zero-order valence-corrected chi connectivity index (χ0v) is 17.3. The normalized spacial score (nSPS) is 10.2. The monoisotopic (exact) mass is 450 g/mol. The van der Waals surface area contributed by atoms with Crippen LogP contribution >= 0.6 is 27.7 Å². The largest absolute Gasteiger partial charge is 0.496 e. The third-order valence-corrected chi connectivity index (χ3v) is 5.11. The molecule has 0 saturated carbocycles. The van der Waals surface area contributed by atoms with Crippen LogP contribution in [-0.2, 0) is 10.5 Å². The Hall–Kier alpha value is -2.32. The first-order chi connectivity index (χ1) is 12.9. The Bertz CT molecular complexity index is 840. The Morgan fingerprint density at radius 1 is 1.04 bits per heavy atom. The summed E-state index contributed by atoms with van der Waals surface area (Å²) >= 11 is 4.65. The first-order valence-electron chi connectivity index (χ1n) is 8.01. The van der Waals surface area contributed by atoms with Gasteiger partial charge in [-0.3, -0.25) is 25.2 Å². The number of methoxy groups -OCH3 is 1. The third-order valence-electron chi connectivity index (χ3n) is 3.60. The fourth-order valence-corrected chi connectivity index (χ4v) is 3.27. The van der Waals surface area contributed by atoms with Crippen LogP contribution in [0.3, 0.4) is 0 Å². The Morgan fingerprint density at radius 2 is 1.70 bits per heavy atom. The molecular weight excluding hydrogens is 432 g/mol. The van der Waals surface area contributed by atoms with E-state index >= 15 is 0 Å². The number of benzene rings is 2. The minimum Gasteiger partial charge on any atom is -0.496 e. The highest BCUT2D eigenvalue weighted by Crippen LogP contribution is 2.24. The third kappa shape index (κ3) is 6.41. The van der Waals surface area contributed by atoms with Gasteiger partial charge in [-0.15, -0.1) is 11.8 Å². The number of hydrazine groups is 1. The quantitative estimate of drug-likeness (QED) is 0.498. The van der Waals surface area contributed by atoms with Crippen molar-refractivity contribution in [2.75, 3.05) is 12.9 Å². The average Bonchev–Trinajstić information content (AvgIpc) is 2.66. The molecule has 2 rings (SSSR count). The molecule has 8 heteroatoms. The van der Waals surface area contributed by atoms with Crippen LogP contribution in [0.1, 0.15) is 33.2 Å². The molecule has 0 radical (unpaired) electrons. The highest BCUT2D eigenvalue weighted by Gasteiger charge is 2.10. The summed E-state index contributed by atoms with van der Waals surface area (Å²) in [5, 5.41) is 0. The molecule has 142 valence electrons. The SMILES string of the molecule is COc1ccc(C(C)=O)cc1CSCC(=O)NNC(=O)c1ccc(Br)cc1. The topological polar surface area (TPSA) is 84.5 Å². The van der Waals surface area contributed by atoms with Gasteiger partial charge in [0.05, 0.1) is 12.9 Å². The van der Waals surface area contributed by atoms with Crippen molar-refractivity contribution in [1.29, 1.82) is 0 Å². The van der Waals surface area contributed by atoms with Crippen LogP contribution in [0.2, 0.25) is 0 Å². The molecule has 27 heavy (non-hydrogen) atoms. The van der Waals surface area contributed by atoms with E-state index in [1.54, 1.807) is 49.6 Å². The smallest absolute Gasteiger partial charge is 0.269 e. The van der Waals surface area contributed by atoms with Gasteiger partial charge in [-0.25, -0.2) is 0 Å². The van der Waals surface area contributed by atoms with Crippen molar-refractivity contribution in [3.63, 3.8) is 0 Å². The molecule has 0 saturated heterocycles. The van der Waals surface area contributed by atoms with E-state index < -0.39 is 5.91 Å². The molecule has 0 atom stereocenters. The molecule has 0 aromatic heterocycles. The second-order valence-corrected chi connectivity index (χ2v) is 7.49. The van der Waals surface area contributed by atoms with Crippen LogP contribution in [0.25, 0.3) is 0 Å². The van der Waals surface area contributed by atoms with E-state index in [0.29, 0.717) is 22.6 Å². The molecule has 0 spiro atoms. The van der Waals surface area contributed by atoms with Gasteiger partial charge in [0, 0.05) is 26.9 Å². The number of nitrogens with one attached hydrogen (secondary N) is 2. The van der Waals surface area contributed by atoms with E-state index in [4.69, 9.17) is 4.74 Å². The van der Waals surface area contributed by atoms with Gasteiger partial charge in [-0.1, -0.05) is 15.9 Å². The lowest BCUT2D eigenvalue weighted by Crippen LogP contribution is -2.42. The molecule has 0 bridgehead atoms. The second-order valence-electron chi connectivity index (χ2n) is 5.58. The zero-order valence-electron chi connectivity index (χ0n) is 14.9. The average molecular weight is 451 g/mol. The van der Waals surface area contributed by atoms with Gasteiger partial charge in [0.15, 0.2) is 5.78 Å². The molecule has 2 amide bonds. The number of thioether (sulfide) groups is 1. The van der Waals surface area contributed by atoms with Crippen LogP contribution in [0, 0.1) is 0 Å². The van der Waals surface area contributed by atoms with E-state index in [9.17, 15) is 14.4 Å². The molecule has 0 aliphatic rings. The summed E-state index contributed by atoms with van der Waals surface area (Å²) in [5.41, 5.74) is 6.63. The summed E-state index contributed by atoms with van der Waals surface area (Å²) in [6.45, 7) is 1.50. The van der Waals surface area contributed by atoms with Gasteiger partial charge in [-0.2, -0.15) is 0 Å². The van der Waals surface area contributed by atoms with Crippen LogP contribution in [-0.4, -0.2) is 30.5 Å². The number of halogens is 1. The molecule has 2 aromatic rings. The molecular formula is C19H19BrN2O4S. The summed E-state index contributed by atoms with van der Waals surface area (Å²) in [6, 6.07) is 12.0. The lowest BCUT2D eigenvalue weighted by molar-refractivity contribution is -0.119. The highest BCUT2D eigenvalue weighted by molar-refractivity contribution is 9.10. The Morgan fingerprint density at radius 3 is 2.33 bits per heavy atom. The number of ketones is 1. The van der Waals surface area contributed by atoms with E-state index in [1.807, 2.05) is 0 Å². The zero-order chi connectivity index (χ0) is 19.8. The molecule has 0 fully saturated rings. The van der Waals surface area contributed by atoms with Crippen LogP contribution in [0.15, 0.2) is 46.9 Å². The predicted octanol–water partition coefficient (Wildman–Crippen LogP) is 3.35. The summed E-state index contributed by atoms with van der Waals surface area (Å²) in [7, 11) is 1.56. The van der Waals surface area contributed by atoms with E-state index in [0.717, 1.165) is 10.0 Å². The Balaban J connectivity index is 1.82. The maximum Gasteiger partial charge on any atom is 0.269 e. The molecule has 0 aliphatic carbocycles. The number of carbonyl (C=O) groups is 3. The van der Waals surface area contributed by atoms with Gasteiger partial charge in [0.25, 0.3) is 5.91 Å². The van der Waals surface area contributed by atoms with Crippen molar-refractivity contribution in [1.82, 2.24) is 10.9 Å². The predicted molar refractivity (Wildman–Crippen MR) is 109 cm³/mol. The molecule has 0 aliphatic heterocycles. The van der Waals surface area contributed by atoms with Crippen molar-refractivity contribution in [3.05, 3.63) is 63.6 Å². The summed E-state index contributed by atoms with van der Waals surface area (Å²) < 4.78 is 6.15. The summed E-state index contributed by atoms with van der Waals surface area (Å²) in [4.78, 5) is 35.4. The maximum atomic E-state index is 11.9. The maximum absolute atomic E-state index is 11.9. The summed E-state index contributed by atoms with van der Waals surface area (Å²) in [5.74, 6) is 0.560. The van der Waals surface area contributed by atoms with E-state index in [1.165, 1.54) is 18.7 Å². The summed E-state index contributed by atoms with van der Waals surface area (Å²) in [6.07, 6.45) is 0. The molecule has 2 N–H and O–H groups in total. The van der Waals surface area contributed by atoms with Crippen molar-refractivity contribution in [3.8, 4) is 5.75 Å². The number of ether oxygens (including phenoxy) is 1. The number of rotatable bonds is 7. The van der Waals surface area contributed by atoms with Crippen LogP contribution in [0.4, 0.5) is 0 Å². The van der Waals surface area contributed by atoms with Gasteiger partial charge >= 0.3 is 0 Å². The lowest BCUT2D eigenvalue weighted by Gasteiger charge is -2.10. The van der Waals surface area contributed by atoms with Crippen molar-refractivity contribution < 1.29 is 19.1 Å². The van der Waals surface area contributed by atoms with Crippen LogP contribution in [0.5, 0.6) is 5.75 Å². The number of carbonyl (C=O) groups excluding carboxylic acids is 3. The molecule has 6 nitrogen and oxygen atoms in total. The first-order valence-corrected chi connectivity index (χ1v) is 9.96. The number of hydrogen-bond acceptors (Lipinski definition) is 5. The van der Waals surface area contributed by atoms with Crippen LogP contribution < -0.4 is 15.6 Å². The molecule has 0 heterocycles. The highest BCUT2D eigenvalue weighted by atomic mass is 79.9. The standard InChI is InChI=1S/C19H19BrN2O4S/c1-12(23)14-5-8-17(26-2)15(9-14)10-27-11-18(24)21-22-19(25)13-3-6-16(20)7-4-13/h3-9H,10-11H2,1-2H3,(H,21,24)(H,22,25). The fourth-order valence-electron chi connectivity index (χ4n) is 2.20. The van der Waals surface area contributed by atoms with E-state index in [2.05, 4.69) is 26.8 Å². The Kier molecular flexibility index (Phi) is 7.87. The van der Waals surface area contributed by atoms with Gasteiger partial charge < -0.3 is 4.74 Å². The van der Waals surface area contributed by atoms with Gasteiger partial charge in [0.1, 0.15) is 5.75 Å².